The summed E-state index contributed by atoms with van der Waals surface area (Å²) >= 11 is 0. The molecule has 36 heavy (non-hydrogen) atoms. The van der Waals surface area contributed by atoms with Crippen molar-refractivity contribution < 1.29 is 19.7 Å². The molecule has 0 aliphatic heterocycles. The average molecular weight is 483 g/mol. The smallest absolute Gasteiger partial charge is 0.330 e. The molecule has 1 heterocycles. The van der Waals surface area contributed by atoms with Gasteiger partial charge in [-0.3, -0.25) is 4.90 Å². The van der Waals surface area contributed by atoms with Crippen molar-refractivity contribution in [2.45, 2.75) is 31.8 Å². The number of para-hydroxylation sites is 2. The Morgan fingerprint density at radius 1 is 1.11 bits per heavy atom. The highest BCUT2D eigenvalue weighted by Crippen LogP contribution is 2.39. The van der Waals surface area contributed by atoms with Crippen molar-refractivity contribution in [1.29, 1.82) is 0 Å². The maximum absolute atomic E-state index is 11.5. The molecule has 3 aromatic carbocycles. The quantitative estimate of drug-likeness (QED) is 0.175. The van der Waals surface area contributed by atoms with E-state index < -0.39 is 0 Å². The van der Waals surface area contributed by atoms with E-state index in [1.54, 1.807) is 12.1 Å². The normalized spacial score (nSPS) is 15.1. The topological polar surface area (TPSA) is 85.8 Å². The van der Waals surface area contributed by atoms with Crippen LogP contribution in [0.5, 0.6) is 11.5 Å². The molecule has 3 N–H and O–H groups in total. The number of methoxy groups -OCH3 is 1. The number of rotatable bonds is 8. The van der Waals surface area contributed by atoms with E-state index in [1.165, 1.54) is 41.3 Å². The molecule has 1 aliphatic rings. The molecule has 0 amide bonds. The Balaban J connectivity index is 1.42. The van der Waals surface area contributed by atoms with E-state index in [0.717, 1.165) is 36.9 Å². The minimum atomic E-state index is -0.372. The summed E-state index contributed by atoms with van der Waals surface area (Å²) in [6.45, 7) is 1.32. The Hall–Kier alpha value is -4.03. The van der Waals surface area contributed by atoms with Gasteiger partial charge < -0.3 is 19.9 Å². The van der Waals surface area contributed by atoms with Crippen LogP contribution < -0.4 is 0 Å². The molecule has 4 aromatic rings. The lowest BCUT2D eigenvalue weighted by molar-refractivity contribution is -0.134. The first-order chi connectivity index (χ1) is 17.5. The number of ether oxygens (including phenoxy) is 1. The monoisotopic (exact) mass is 482 g/mol. The van der Waals surface area contributed by atoms with E-state index in [4.69, 9.17) is 4.74 Å². The van der Waals surface area contributed by atoms with Gasteiger partial charge in [0.2, 0.25) is 0 Å². The summed E-state index contributed by atoms with van der Waals surface area (Å²) in [7, 11) is 1.37. The highest BCUT2D eigenvalue weighted by Gasteiger charge is 2.29. The summed E-state index contributed by atoms with van der Waals surface area (Å²) in [6.07, 6.45) is 8.06. The molecule has 6 nitrogen and oxygen atoms in total. The number of aromatic hydroxyl groups is 2. The maximum Gasteiger partial charge on any atom is 0.330 e. The molecule has 0 bridgehead atoms. The lowest BCUT2D eigenvalue weighted by Gasteiger charge is -2.30. The predicted molar refractivity (Wildman–Crippen MR) is 141 cm³/mol. The molecule has 0 saturated carbocycles. The molecule has 0 fully saturated rings. The number of nitrogens with one attached hydrogen (secondary N) is 1. The SMILES string of the molecule is COC(=O)C=Cc1ccc2c(c1)CCC2N(CCc1c[nH]c2ccccc12)Cc1cccc(O)c1O. The Labute approximate surface area is 210 Å². The number of fused-ring (bicyclic) bond motifs is 2. The van der Waals surface area contributed by atoms with Gasteiger partial charge in [-0.1, -0.05) is 48.5 Å². The Morgan fingerprint density at radius 3 is 2.83 bits per heavy atom. The van der Waals surface area contributed by atoms with Crippen LogP contribution in [0.4, 0.5) is 0 Å². The zero-order chi connectivity index (χ0) is 25.1. The van der Waals surface area contributed by atoms with Crippen molar-refractivity contribution in [2.24, 2.45) is 0 Å². The first kappa shape index (κ1) is 23.7. The van der Waals surface area contributed by atoms with E-state index in [1.807, 2.05) is 18.2 Å². The lowest BCUT2D eigenvalue weighted by Crippen LogP contribution is -2.29. The molecule has 0 radical (unpaired) electrons. The number of H-pyrrole nitrogens is 1. The summed E-state index contributed by atoms with van der Waals surface area (Å²) in [5.74, 6) is -0.531. The molecule has 0 saturated heterocycles. The Kier molecular flexibility index (Phi) is 6.78. The minimum absolute atomic E-state index is 0.0592. The highest BCUT2D eigenvalue weighted by atomic mass is 16.5. The number of phenols is 2. The minimum Gasteiger partial charge on any atom is -0.504 e. The fourth-order valence-corrected chi connectivity index (χ4v) is 5.20. The number of aromatic nitrogens is 1. The van der Waals surface area contributed by atoms with Gasteiger partial charge in [0.1, 0.15) is 0 Å². The van der Waals surface area contributed by atoms with Gasteiger partial charge >= 0.3 is 5.97 Å². The summed E-state index contributed by atoms with van der Waals surface area (Å²) < 4.78 is 4.70. The van der Waals surface area contributed by atoms with Crippen LogP contribution in [-0.2, 0) is 28.9 Å². The van der Waals surface area contributed by atoms with Crippen molar-refractivity contribution in [1.82, 2.24) is 9.88 Å². The molecule has 1 aliphatic carbocycles. The second kappa shape index (κ2) is 10.3. The Morgan fingerprint density at radius 2 is 1.97 bits per heavy atom. The van der Waals surface area contributed by atoms with Gasteiger partial charge in [0.05, 0.1) is 7.11 Å². The zero-order valence-corrected chi connectivity index (χ0v) is 20.3. The largest absolute Gasteiger partial charge is 0.504 e. The standard InChI is InChI=1S/C30H30N2O4/c1-36-29(34)14-10-20-9-12-25-21(17-20)11-13-27(25)32(19-23-5-4-8-28(33)30(23)35)16-15-22-18-31-26-7-3-2-6-24(22)26/h2-10,12,14,17-18,27,31,33,35H,11,13,15-16,19H2,1H3. The average Bonchev–Trinajstić information content (AvgIpc) is 3.51. The van der Waals surface area contributed by atoms with E-state index >= 15 is 0 Å². The van der Waals surface area contributed by atoms with Gasteiger partial charge in [0.15, 0.2) is 11.5 Å². The van der Waals surface area contributed by atoms with Gasteiger partial charge in [-0.15, -0.1) is 0 Å². The predicted octanol–water partition coefficient (Wildman–Crippen LogP) is 5.50. The fourth-order valence-electron chi connectivity index (χ4n) is 5.20. The molecule has 1 aromatic heterocycles. The van der Waals surface area contributed by atoms with Gasteiger partial charge in [0, 0.05) is 47.9 Å². The van der Waals surface area contributed by atoms with Crippen LogP contribution in [0.15, 0.2) is 72.9 Å². The number of carbonyl (C=O) groups is 1. The first-order valence-corrected chi connectivity index (χ1v) is 12.2. The van der Waals surface area contributed by atoms with Crippen LogP contribution in [0.1, 0.15) is 40.3 Å². The third kappa shape index (κ3) is 4.86. The number of carbonyl (C=O) groups excluding carboxylic acids is 1. The summed E-state index contributed by atoms with van der Waals surface area (Å²) in [5, 5.41) is 21.8. The first-order valence-electron chi connectivity index (χ1n) is 12.2. The summed E-state index contributed by atoms with van der Waals surface area (Å²) in [4.78, 5) is 17.2. The van der Waals surface area contributed by atoms with E-state index in [-0.39, 0.29) is 23.5 Å². The van der Waals surface area contributed by atoms with E-state index in [0.29, 0.717) is 12.1 Å². The number of hydrogen-bond acceptors (Lipinski definition) is 5. The van der Waals surface area contributed by atoms with Gasteiger partial charge in [-0.25, -0.2) is 4.79 Å². The molecule has 1 unspecified atom stereocenters. The van der Waals surface area contributed by atoms with Crippen LogP contribution in [-0.4, -0.2) is 39.7 Å². The number of esters is 1. The van der Waals surface area contributed by atoms with Crippen LogP contribution in [0.3, 0.4) is 0 Å². The lowest BCUT2D eigenvalue weighted by atomic mass is 10.0. The molecule has 5 rings (SSSR count). The van der Waals surface area contributed by atoms with Crippen LogP contribution >= 0.6 is 0 Å². The number of benzene rings is 3. The number of aryl methyl sites for hydroxylation is 1. The zero-order valence-electron chi connectivity index (χ0n) is 20.3. The van der Waals surface area contributed by atoms with Gasteiger partial charge in [0.25, 0.3) is 0 Å². The highest BCUT2D eigenvalue weighted by molar-refractivity contribution is 5.87. The molecule has 184 valence electrons. The molecule has 1 atom stereocenters. The van der Waals surface area contributed by atoms with Gasteiger partial charge in [-0.2, -0.15) is 0 Å². The second-order valence-corrected chi connectivity index (χ2v) is 9.23. The maximum atomic E-state index is 11.5. The van der Waals surface area contributed by atoms with Crippen LogP contribution in [0, 0.1) is 0 Å². The number of hydrogen-bond donors (Lipinski definition) is 3. The molecule has 0 spiro atoms. The Bertz CT molecular complexity index is 1420. The molecular weight excluding hydrogens is 452 g/mol. The second-order valence-electron chi connectivity index (χ2n) is 9.23. The molecule has 6 heteroatoms. The summed E-state index contributed by atoms with van der Waals surface area (Å²) in [5.41, 5.74) is 6.60. The van der Waals surface area contributed by atoms with Crippen molar-refractivity contribution in [3.8, 4) is 11.5 Å². The van der Waals surface area contributed by atoms with Crippen LogP contribution in [0.25, 0.3) is 17.0 Å². The van der Waals surface area contributed by atoms with Crippen molar-refractivity contribution >= 4 is 22.9 Å². The number of nitrogens with zero attached hydrogens (tertiary/aromatic N) is 1. The third-order valence-electron chi connectivity index (χ3n) is 7.08. The van der Waals surface area contributed by atoms with Crippen molar-refractivity contribution in [3.63, 3.8) is 0 Å². The number of aromatic amines is 1. The van der Waals surface area contributed by atoms with Crippen LogP contribution in [0.2, 0.25) is 0 Å². The molecular formula is C30H30N2O4. The van der Waals surface area contributed by atoms with Gasteiger partial charge in [-0.05, 0) is 59.7 Å². The van der Waals surface area contributed by atoms with E-state index in [2.05, 4.69) is 46.4 Å². The number of phenolic OH excluding ortho intramolecular Hbond substituents is 2. The van der Waals surface area contributed by atoms with E-state index in [9.17, 15) is 15.0 Å². The third-order valence-corrected chi connectivity index (χ3v) is 7.08. The fraction of sp³-hybridized carbons (Fsp3) is 0.233. The van der Waals surface area contributed by atoms with Crippen molar-refractivity contribution in [3.05, 3.63) is 101 Å². The van der Waals surface area contributed by atoms with Crippen molar-refractivity contribution in [2.75, 3.05) is 13.7 Å². The summed E-state index contributed by atoms with van der Waals surface area (Å²) in [6, 6.07) is 19.9.